The quantitative estimate of drug-likeness (QED) is 0.208. The van der Waals surface area contributed by atoms with Crippen molar-refractivity contribution in [2.24, 2.45) is 43.8 Å². The molecule has 8 unspecified atom stereocenters. The van der Waals surface area contributed by atoms with Gasteiger partial charge in [0.25, 0.3) is 0 Å². The second-order valence-corrected chi connectivity index (χ2v) is 19.9. The molecule has 0 N–H and O–H groups in total. The summed E-state index contributed by atoms with van der Waals surface area (Å²) in [5, 5.41) is 0. The largest absolute Gasteiger partial charge is 1.00 e. The van der Waals surface area contributed by atoms with Crippen LogP contribution in [0, 0.1) is 56.3 Å². The monoisotopic (exact) mass is 1050 g/mol. The molecule has 2 fully saturated rings. The van der Waals surface area contributed by atoms with Gasteiger partial charge in [0.1, 0.15) is 0 Å². The molecular weight excluding hydrogens is 1000 g/mol. The van der Waals surface area contributed by atoms with E-state index in [2.05, 4.69) is 141 Å². The van der Waals surface area contributed by atoms with E-state index in [1.54, 1.807) is 0 Å². The van der Waals surface area contributed by atoms with E-state index < -0.39 is 61.3 Å². The summed E-state index contributed by atoms with van der Waals surface area (Å²) in [6.45, 7) is 20.3. The molecule has 8 atom stereocenters. The van der Waals surface area contributed by atoms with Gasteiger partial charge in [0.2, 0.25) is 0 Å². The van der Waals surface area contributed by atoms with E-state index in [1.807, 2.05) is 12.2 Å². The summed E-state index contributed by atoms with van der Waals surface area (Å²) in [5.74, 6) is 0.460. The first-order valence-corrected chi connectivity index (χ1v) is 21.8. The van der Waals surface area contributed by atoms with Crippen LogP contribution in [0.4, 0.5) is 52.7 Å². The molecule has 0 heterocycles. The molecule has 0 bridgehead atoms. The van der Waals surface area contributed by atoms with Crippen LogP contribution < -0.4 is 24.8 Å². The Morgan fingerprint density at radius 3 is 1.29 bits per heavy atom. The Balaban J connectivity index is 0.000000253. The zero-order chi connectivity index (χ0) is 48.0. The van der Waals surface area contributed by atoms with Gasteiger partial charge < -0.3 is 31.2 Å². The van der Waals surface area contributed by atoms with Gasteiger partial charge in [0, 0.05) is 10.8 Å². The van der Waals surface area contributed by atoms with Gasteiger partial charge in [-0.25, -0.2) is 12.2 Å². The second-order valence-electron chi connectivity index (χ2n) is 18.7. The van der Waals surface area contributed by atoms with Gasteiger partial charge in [-0.15, -0.1) is 23.8 Å². The van der Waals surface area contributed by atoms with Gasteiger partial charge in [0.05, 0.1) is 0 Å². The predicted octanol–water partition coefficient (Wildman–Crippen LogP) is 9.84. The molecule has 8 rings (SSSR count). The predicted molar refractivity (Wildman–Crippen MR) is 222 cm³/mol. The summed E-state index contributed by atoms with van der Waals surface area (Å²) >= 11 is -0.00108. The zero-order valence-electron chi connectivity index (χ0n) is 37.2. The number of alkyl halides is 12. The van der Waals surface area contributed by atoms with Crippen molar-refractivity contribution in [3.8, 4) is 0 Å². The number of benzene rings is 2. The van der Waals surface area contributed by atoms with Crippen molar-refractivity contribution in [1.82, 2.24) is 0 Å². The van der Waals surface area contributed by atoms with Crippen molar-refractivity contribution in [1.29, 1.82) is 0 Å². The molecule has 0 saturated heterocycles. The summed E-state index contributed by atoms with van der Waals surface area (Å²) in [4.78, 5) is 0. The summed E-state index contributed by atoms with van der Waals surface area (Å²) in [6.07, 6.45) is 18.4. The third-order valence-corrected chi connectivity index (χ3v) is 17.8. The summed E-state index contributed by atoms with van der Waals surface area (Å²) in [6, 6.07) is 0.583. The third kappa shape index (κ3) is 8.32. The molecule has 356 valence electrons. The molecule has 0 amide bonds. The van der Waals surface area contributed by atoms with Crippen molar-refractivity contribution in [2.75, 3.05) is 0 Å². The average Bonchev–Trinajstić information content (AvgIpc) is 3.85. The van der Waals surface area contributed by atoms with Crippen LogP contribution in [-0.2, 0) is 48.9 Å². The molecule has 2 aromatic carbocycles. The van der Waals surface area contributed by atoms with Crippen molar-refractivity contribution in [3.63, 3.8) is 0 Å². The van der Waals surface area contributed by atoms with Gasteiger partial charge in [-0.1, -0.05) is 115 Å². The molecule has 6 aliphatic carbocycles. The van der Waals surface area contributed by atoms with Crippen LogP contribution in [0.1, 0.15) is 95.2 Å². The maximum Gasteiger partial charge on any atom is -0.109 e. The number of allylic oxidation sites excluding steroid dienone is 16. The number of hydrogen-bond acceptors (Lipinski definition) is 0. The first kappa shape index (κ1) is 55.4. The summed E-state index contributed by atoms with van der Waals surface area (Å²) < 4.78 is 155. The molecule has 66 heavy (non-hydrogen) atoms. The van der Waals surface area contributed by atoms with E-state index in [9.17, 15) is 52.7 Å². The van der Waals surface area contributed by atoms with Crippen molar-refractivity contribution in [2.45, 2.75) is 86.5 Å². The number of hydrogen-bond donors (Lipinski definition) is 0. The minimum atomic E-state index is -5.22. The Bertz CT molecular complexity index is 2310. The van der Waals surface area contributed by atoms with Crippen molar-refractivity contribution < 1.29 is 102 Å². The molecule has 0 nitrogen and oxygen atoms in total. The summed E-state index contributed by atoms with van der Waals surface area (Å²) in [7, 11) is 0. The normalized spacial score (nSPS) is 33.4. The maximum absolute atomic E-state index is 13.0. The van der Waals surface area contributed by atoms with Crippen LogP contribution in [0.5, 0.6) is 0 Å². The second kappa shape index (κ2) is 18.0. The van der Waals surface area contributed by atoms with E-state index in [1.165, 1.54) is 5.57 Å². The molecule has 2 aromatic rings. The fraction of sp³-hybridized carbons (Fsp3) is 0.412. The topological polar surface area (TPSA) is 0 Å². The fourth-order valence-corrected chi connectivity index (χ4v) is 12.7. The fourth-order valence-electron chi connectivity index (χ4n) is 11.9. The summed E-state index contributed by atoms with van der Waals surface area (Å²) in [5.41, 5.74) is -6.81. The van der Waals surface area contributed by atoms with Crippen molar-refractivity contribution >= 4 is 3.21 Å². The minimum Gasteiger partial charge on any atom is -1.00 e. The molecule has 0 aliphatic heterocycles. The molecule has 0 radical (unpaired) electrons. The molecule has 0 spiro atoms. The SMILES string of the molecule is CC1=CC=CC2[CH-]C3(C)C4(C)C=CC=CC4(C)C4(C)C=CC=CC4(C)C3(C)C12C.FC(F)(F)c1cc([C](=[Zr+2])c2cc(C(F)(F)F)cc(C(F)(F)F)c2)cc(C(F)(F)F)c1.[C-]1=CC=CC1.[Cl-].[Cl-]. The Labute approximate surface area is 406 Å². The van der Waals surface area contributed by atoms with Crippen LogP contribution in [0.2, 0.25) is 0 Å². The Morgan fingerprint density at radius 2 is 0.939 bits per heavy atom. The minimum absolute atomic E-state index is 0. The molecule has 2 saturated carbocycles. The number of halogens is 14. The van der Waals surface area contributed by atoms with Gasteiger partial charge in [-0.2, -0.15) is 6.08 Å². The van der Waals surface area contributed by atoms with Gasteiger partial charge in [-0.05, 0) is 28.6 Å². The molecular formula is C51H48Cl2F12Zr-2. The van der Waals surface area contributed by atoms with E-state index in [0.29, 0.717) is 5.92 Å². The molecule has 15 heteroatoms. The maximum atomic E-state index is 13.0. The standard InChI is InChI=1S/C29H37.C17H6F12.C5H5.2ClH.Zr/c1-21-14-13-15-22-20-27(6)25(4)18-10-9-16-23(25,2)24(3)17-11-12-19-26(24,5)29(27,8)28(21,22)7;18-14(19,20)10-2-8(3-11(6-10)15(21,22)23)1-9-4-12(16(24,25)26)7-13(5-9)17(27,28)29;1-2-4-5-3-1;;;/h9-20,22H,1-8H3;2-7H;1-3H,4H2;2*1H;/q-1;;-1;;;+2/p-2. The van der Waals surface area contributed by atoms with Crippen LogP contribution in [-0.4, -0.2) is 3.21 Å². The van der Waals surface area contributed by atoms with E-state index in [4.69, 9.17) is 0 Å². The van der Waals surface area contributed by atoms with Gasteiger partial charge in [-0.3, -0.25) is 6.08 Å². The van der Waals surface area contributed by atoms with Gasteiger partial charge in [0.15, 0.2) is 0 Å². The van der Waals surface area contributed by atoms with Crippen molar-refractivity contribution in [3.05, 3.63) is 173 Å². The van der Waals surface area contributed by atoms with Crippen LogP contribution in [0.3, 0.4) is 0 Å². The van der Waals surface area contributed by atoms with E-state index in [-0.39, 0.29) is 123 Å². The zero-order valence-corrected chi connectivity index (χ0v) is 41.2. The Kier molecular flexibility index (Phi) is 15.1. The Morgan fingerprint density at radius 1 is 0.561 bits per heavy atom. The average molecular weight is 1050 g/mol. The third-order valence-electron chi connectivity index (χ3n) is 16.4. The van der Waals surface area contributed by atoms with Crippen LogP contribution >= 0.6 is 0 Å². The van der Waals surface area contributed by atoms with E-state index >= 15 is 0 Å². The number of fused-ring (bicyclic) bond motifs is 8. The van der Waals surface area contributed by atoms with Gasteiger partial charge >= 0.3 is 175 Å². The Hall–Kier alpha value is -3.15. The van der Waals surface area contributed by atoms with Crippen LogP contribution in [0.25, 0.3) is 0 Å². The number of rotatable bonds is 2. The molecule has 6 aliphatic rings. The smallest absolute Gasteiger partial charge is 0.109 e. The first-order valence-electron chi connectivity index (χ1n) is 20.6. The van der Waals surface area contributed by atoms with Crippen LogP contribution in [0.15, 0.2) is 127 Å². The molecule has 0 aromatic heterocycles. The van der Waals surface area contributed by atoms with E-state index in [0.717, 1.165) is 6.42 Å². The first-order chi connectivity index (χ1) is 29.2.